The van der Waals surface area contributed by atoms with Gasteiger partial charge in [0.2, 0.25) is 0 Å². The Kier molecular flexibility index (Phi) is 4.57. The van der Waals surface area contributed by atoms with Crippen molar-refractivity contribution in [2.24, 2.45) is 5.14 Å². The van der Waals surface area contributed by atoms with Crippen LogP contribution in [0.5, 0.6) is 0 Å². The van der Waals surface area contributed by atoms with E-state index in [0.29, 0.717) is 4.90 Å². The van der Waals surface area contributed by atoms with Gasteiger partial charge in [0.1, 0.15) is 0 Å². The van der Waals surface area contributed by atoms with Crippen LogP contribution in [0.15, 0.2) is 65.6 Å². The van der Waals surface area contributed by atoms with Gasteiger partial charge in [0.15, 0.2) is 4.90 Å². The molecule has 0 aliphatic heterocycles. The summed E-state index contributed by atoms with van der Waals surface area (Å²) in [4.78, 5) is 0.608. The maximum Gasteiger partial charge on any atom is 0.173 e. The lowest BCUT2D eigenvalue weighted by Crippen LogP contribution is -2.11. The first-order valence-corrected chi connectivity index (χ1v) is 9.90. The van der Waals surface area contributed by atoms with Gasteiger partial charge in [0.25, 0.3) is 0 Å². The maximum absolute atomic E-state index is 11.4. The molecule has 3 aromatic carbocycles. The molecule has 1 aliphatic rings. The Balaban J connectivity index is 1.80. The highest BCUT2D eigenvalue weighted by Gasteiger charge is 2.18. The van der Waals surface area contributed by atoms with Crippen LogP contribution < -0.4 is 5.14 Å². The Morgan fingerprint density at radius 3 is 2.28 bits per heavy atom. The fraction of sp³-hybridized carbons (Fsp3) is 0.143. The van der Waals surface area contributed by atoms with E-state index >= 15 is 0 Å². The van der Waals surface area contributed by atoms with Crippen molar-refractivity contribution in [1.82, 2.24) is 0 Å². The summed E-state index contributed by atoms with van der Waals surface area (Å²) in [5.41, 5.74) is 7.15. The van der Waals surface area contributed by atoms with Crippen LogP contribution >= 0.6 is 11.6 Å². The summed E-state index contributed by atoms with van der Waals surface area (Å²) < 4.78 is 11.4. The molecule has 0 amide bonds. The molecule has 0 radical (unpaired) electrons. The standard InChI is InChI=1S/C21H18ClNOS/c22-21-18(15-10-12-16(13-11-15)25(23)24)7-3-9-20(21)19-8-2-5-14-4-1-6-17(14)19/h2-3,5,7-13H,1,4,6,23H2. The van der Waals surface area contributed by atoms with Crippen molar-refractivity contribution in [3.05, 3.63) is 76.8 Å². The number of benzene rings is 3. The molecular weight excluding hydrogens is 350 g/mol. The molecule has 0 heterocycles. The number of hydrogen-bond donors (Lipinski definition) is 1. The maximum atomic E-state index is 11.4. The molecule has 1 aliphatic carbocycles. The molecule has 0 fully saturated rings. The highest BCUT2D eigenvalue weighted by molar-refractivity contribution is 7.89. The van der Waals surface area contributed by atoms with E-state index in [1.807, 2.05) is 24.3 Å². The smallest absolute Gasteiger partial charge is 0.173 e. The third kappa shape index (κ3) is 3.09. The number of aryl methyl sites for hydroxylation is 1. The van der Waals surface area contributed by atoms with E-state index in [0.717, 1.165) is 34.6 Å². The van der Waals surface area contributed by atoms with Crippen LogP contribution in [0.4, 0.5) is 0 Å². The SMILES string of the molecule is N[S+]([O-])c1ccc(-c2cccc(-c3cccc4c3CCC4)c2Cl)cc1. The normalized spacial score (nSPS) is 14.4. The lowest BCUT2D eigenvalue weighted by Gasteiger charge is -2.14. The lowest BCUT2D eigenvalue weighted by molar-refractivity contribution is 0.597. The van der Waals surface area contributed by atoms with Gasteiger partial charge in [0.05, 0.1) is 16.4 Å². The predicted molar refractivity (Wildman–Crippen MR) is 105 cm³/mol. The van der Waals surface area contributed by atoms with Crippen LogP contribution in [0.2, 0.25) is 5.02 Å². The molecule has 126 valence electrons. The van der Waals surface area contributed by atoms with Crippen molar-refractivity contribution in [2.45, 2.75) is 24.2 Å². The van der Waals surface area contributed by atoms with Crippen molar-refractivity contribution in [1.29, 1.82) is 0 Å². The van der Waals surface area contributed by atoms with Crippen LogP contribution in [-0.4, -0.2) is 4.55 Å². The monoisotopic (exact) mass is 367 g/mol. The van der Waals surface area contributed by atoms with Gasteiger partial charge in [-0.3, -0.25) is 0 Å². The first kappa shape index (κ1) is 16.7. The second-order valence-corrected chi connectivity index (χ2v) is 7.73. The molecule has 0 saturated heterocycles. The van der Waals surface area contributed by atoms with E-state index in [4.69, 9.17) is 16.7 Å². The number of hydrogen-bond acceptors (Lipinski definition) is 2. The van der Waals surface area contributed by atoms with Gasteiger partial charge in [-0.25, -0.2) is 0 Å². The second-order valence-electron chi connectivity index (χ2n) is 6.29. The van der Waals surface area contributed by atoms with Gasteiger partial charge in [-0.1, -0.05) is 48.0 Å². The van der Waals surface area contributed by atoms with Crippen LogP contribution in [0.1, 0.15) is 17.5 Å². The Bertz CT molecular complexity index is 922. The minimum Gasteiger partial charge on any atom is -0.593 e. The zero-order valence-electron chi connectivity index (χ0n) is 13.7. The zero-order chi connectivity index (χ0) is 17.4. The van der Waals surface area contributed by atoms with E-state index in [-0.39, 0.29) is 0 Å². The molecule has 0 spiro atoms. The highest BCUT2D eigenvalue weighted by Crippen LogP contribution is 2.40. The van der Waals surface area contributed by atoms with E-state index in [1.54, 1.807) is 12.1 Å². The van der Waals surface area contributed by atoms with E-state index in [9.17, 15) is 4.55 Å². The summed E-state index contributed by atoms with van der Waals surface area (Å²) >= 11 is 5.33. The number of halogens is 1. The molecule has 1 atom stereocenters. The molecule has 1 unspecified atom stereocenters. The quantitative estimate of drug-likeness (QED) is 0.651. The average molecular weight is 368 g/mol. The van der Waals surface area contributed by atoms with Gasteiger partial charge < -0.3 is 4.55 Å². The first-order chi connectivity index (χ1) is 12.1. The molecule has 2 nitrogen and oxygen atoms in total. The van der Waals surface area contributed by atoms with Gasteiger partial charge in [0, 0.05) is 11.1 Å². The van der Waals surface area contributed by atoms with Crippen molar-refractivity contribution < 1.29 is 4.55 Å². The topological polar surface area (TPSA) is 49.1 Å². The molecule has 0 bridgehead atoms. The third-order valence-electron chi connectivity index (χ3n) is 4.83. The Labute approximate surface area is 156 Å². The minimum atomic E-state index is -1.47. The molecule has 0 saturated carbocycles. The molecule has 2 N–H and O–H groups in total. The molecule has 3 aromatic rings. The predicted octanol–water partition coefficient (Wildman–Crippen LogP) is 5.14. The Hall–Kier alpha value is -1.78. The summed E-state index contributed by atoms with van der Waals surface area (Å²) in [6.45, 7) is 0. The molecule has 25 heavy (non-hydrogen) atoms. The number of nitrogens with two attached hydrogens (primary N) is 1. The van der Waals surface area contributed by atoms with Gasteiger partial charge >= 0.3 is 0 Å². The Morgan fingerprint density at radius 1 is 0.840 bits per heavy atom. The molecule has 4 rings (SSSR count). The summed E-state index contributed by atoms with van der Waals surface area (Å²) in [5, 5.41) is 6.18. The fourth-order valence-electron chi connectivity index (χ4n) is 3.60. The van der Waals surface area contributed by atoms with E-state index < -0.39 is 11.4 Å². The zero-order valence-corrected chi connectivity index (χ0v) is 15.2. The number of fused-ring (bicyclic) bond motifs is 1. The lowest BCUT2D eigenvalue weighted by atomic mass is 9.94. The van der Waals surface area contributed by atoms with E-state index in [2.05, 4.69) is 24.3 Å². The van der Waals surface area contributed by atoms with Crippen molar-refractivity contribution in [3.63, 3.8) is 0 Å². The largest absolute Gasteiger partial charge is 0.593 e. The van der Waals surface area contributed by atoms with Crippen LogP contribution in [0.25, 0.3) is 22.3 Å². The van der Waals surface area contributed by atoms with Crippen molar-refractivity contribution >= 4 is 23.0 Å². The van der Waals surface area contributed by atoms with Gasteiger partial charge in [-0.15, -0.1) is 5.14 Å². The third-order valence-corrected chi connectivity index (χ3v) is 5.98. The number of rotatable bonds is 3. The molecule has 4 heteroatoms. The molecular formula is C21H18ClNOS. The summed E-state index contributed by atoms with van der Waals surface area (Å²) in [5.74, 6) is 0. The van der Waals surface area contributed by atoms with Gasteiger partial charge in [-0.05, 0) is 65.8 Å². The Morgan fingerprint density at radius 2 is 1.52 bits per heavy atom. The van der Waals surface area contributed by atoms with Crippen molar-refractivity contribution in [2.75, 3.05) is 0 Å². The minimum absolute atomic E-state index is 0.608. The van der Waals surface area contributed by atoms with E-state index in [1.165, 1.54) is 23.1 Å². The van der Waals surface area contributed by atoms with Crippen LogP contribution in [0.3, 0.4) is 0 Å². The summed E-state index contributed by atoms with van der Waals surface area (Å²) in [6, 6.07) is 20.1. The summed E-state index contributed by atoms with van der Waals surface area (Å²) in [6.07, 6.45) is 3.47. The van der Waals surface area contributed by atoms with Crippen LogP contribution in [0, 0.1) is 0 Å². The fourth-order valence-corrected chi connectivity index (χ4v) is 4.34. The second kappa shape index (κ2) is 6.85. The first-order valence-electron chi connectivity index (χ1n) is 8.31. The average Bonchev–Trinajstić information content (AvgIpc) is 3.11. The van der Waals surface area contributed by atoms with Crippen molar-refractivity contribution in [3.8, 4) is 22.3 Å². The van der Waals surface area contributed by atoms with Crippen LogP contribution in [-0.2, 0) is 24.2 Å². The molecule has 0 aromatic heterocycles. The summed E-state index contributed by atoms with van der Waals surface area (Å²) in [7, 11) is 0. The van der Waals surface area contributed by atoms with Gasteiger partial charge in [-0.2, -0.15) is 0 Å². The highest BCUT2D eigenvalue weighted by atomic mass is 35.5.